The van der Waals surface area contributed by atoms with Crippen LogP contribution in [0, 0.1) is 11.8 Å². The van der Waals surface area contributed by atoms with Crippen LogP contribution in [0.25, 0.3) is 0 Å². The van der Waals surface area contributed by atoms with Gasteiger partial charge in [0.25, 0.3) is 0 Å². The van der Waals surface area contributed by atoms with Gasteiger partial charge < -0.3 is 18.9 Å². The number of rotatable bonds is 8. The first-order valence-corrected chi connectivity index (χ1v) is 7.90. The molecule has 0 radical (unpaired) electrons. The van der Waals surface area contributed by atoms with E-state index in [-0.39, 0.29) is 39.0 Å². The van der Waals surface area contributed by atoms with Gasteiger partial charge in [-0.25, -0.2) is 0 Å². The van der Waals surface area contributed by atoms with Crippen molar-refractivity contribution in [1.29, 1.82) is 0 Å². The van der Waals surface area contributed by atoms with Gasteiger partial charge >= 0.3 is 13.3 Å². The lowest BCUT2D eigenvalue weighted by Crippen LogP contribution is -2.28. The minimum absolute atomic E-state index is 0.114. The van der Waals surface area contributed by atoms with Crippen molar-refractivity contribution in [1.82, 2.24) is 0 Å². The molecule has 2 atom stereocenters. The Morgan fingerprint density at radius 2 is 1.79 bits per heavy atom. The van der Waals surface area contributed by atoms with Gasteiger partial charge in [-0.2, -0.15) is 8.78 Å². The largest absolute Gasteiger partial charge is 0.399 e. The Hall–Kier alpha value is -0.0700. The monoisotopic (exact) mass is 302 g/mol. The smallest absolute Gasteiger partial charge is 0.396 e. The molecule has 0 saturated carbocycles. The highest BCUT2D eigenvalue weighted by Gasteiger charge is 2.55. The molecular formula is C11H21F2O5P. The molecule has 0 aromatic carbocycles. The highest BCUT2D eigenvalue weighted by Crippen LogP contribution is 2.64. The minimum atomic E-state index is -4.48. The number of aliphatic hydroxyl groups excluding tert-OH is 1. The maximum absolute atomic E-state index is 14.2. The highest BCUT2D eigenvalue weighted by molar-refractivity contribution is 7.55. The fourth-order valence-electron chi connectivity index (χ4n) is 2.06. The quantitative estimate of drug-likeness (QED) is 0.698. The third kappa shape index (κ3) is 3.95. The molecule has 1 fully saturated rings. The van der Waals surface area contributed by atoms with Gasteiger partial charge in [-0.3, -0.25) is 4.57 Å². The number of hydrogen-bond donors (Lipinski definition) is 1. The summed E-state index contributed by atoms with van der Waals surface area (Å²) < 4.78 is 54.9. The van der Waals surface area contributed by atoms with Crippen molar-refractivity contribution < 1.29 is 32.2 Å². The van der Waals surface area contributed by atoms with Gasteiger partial charge in [-0.1, -0.05) is 0 Å². The van der Waals surface area contributed by atoms with Gasteiger partial charge in [-0.15, -0.1) is 0 Å². The number of ether oxygens (including phenoxy) is 1. The SMILES string of the molecule is CCOP(=O)(OCC)C(F)(F)C[C@@H]1COC[C@@H]1CO. The van der Waals surface area contributed by atoms with Gasteiger partial charge in [0, 0.05) is 18.9 Å². The molecule has 5 nitrogen and oxygen atoms in total. The van der Waals surface area contributed by atoms with Crippen molar-refractivity contribution in [3.8, 4) is 0 Å². The molecule has 8 heteroatoms. The van der Waals surface area contributed by atoms with E-state index in [1.54, 1.807) is 0 Å². The van der Waals surface area contributed by atoms with Crippen LogP contribution in [0.5, 0.6) is 0 Å². The number of hydrogen-bond acceptors (Lipinski definition) is 5. The van der Waals surface area contributed by atoms with E-state index in [2.05, 4.69) is 0 Å². The zero-order valence-corrected chi connectivity index (χ0v) is 12.1. The molecule has 1 aliphatic rings. The summed E-state index contributed by atoms with van der Waals surface area (Å²) in [6.07, 6.45) is -0.671. The third-order valence-electron chi connectivity index (χ3n) is 3.07. The van der Waals surface area contributed by atoms with Gasteiger partial charge in [-0.05, 0) is 19.8 Å². The summed E-state index contributed by atoms with van der Waals surface area (Å²) in [5, 5.41) is 9.09. The Morgan fingerprint density at radius 3 is 2.26 bits per heavy atom. The first-order valence-electron chi connectivity index (χ1n) is 6.35. The van der Waals surface area contributed by atoms with Crippen LogP contribution in [0.3, 0.4) is 0 Å². The first kappa shape index (κ1) is 17.0. The molecule has 0 spiro atoms. The minimum Gasteiger partial charge on any atom is -0.396 e. The predicted octanol–water partition coefficient (Wildman–Crippen LogP) is 2.49. The second kappa shape index (κ2) is 7.09. The molecule has 1 saturated heterocycles. The summed E-state index contributed by atoms with van der Waals surface area (Å²) in [5.41, 5.74) is -3.58. The Morgan fingerprint density at radius 1 is 1.26 bits per heavy atom. The van der Waals surface area contributed by atoms with Crippen molar-refractivity contribution in [2.24, 2.45) is 11.8 Å². The maximum atomic E-state index is 14.2. The van der Waals surface area contributed by atoms with E-state index in [1.165, 1.54) is 13.8 Å². The Balaban J connectivity index is 2.79. The van der Waals surface area contributed by atoms with E-state index >= 15 is 0 Å². The van der Waals surface area contributed by atoms with Crippen molar-refractivity contribution >= 4 is 7.60 Å². The molecule has 0 aromatic rings. The standard InChI is InChI=1S/C11H21F2O5P/c1-3-17-19(15,18-4-2)11(12,13)5-9-7-16-8-10(9)6-14/h9-10,14H,3-8H2,1-2H3/t9-,10+/m1/s1. The van der Waals surface area contributed by atoms with Crippen molar-refractivity contribution in [3.63, 3.8) is 0 Å². The molecule has 0 amide bonds. The van der Waals surface area contributed by atoms with Crippen LogP contribution in [0.15, 0.2) is 0 Å². The fourth-order valence-corrected chi connectivity index (χ4v) is 3.65. The summed E-state index contributed by atoms with van der Waals surface area (Å²) in [6.45, 7) is 2.88. The normalized spacial score (nSPS) is 24.9. The van der Waals surface area contributed by atoms with Crippen molar-refractivity contribution in [3.05, 3.63) is 0 Å². The Labute approximate surface area is 111 Å². The maximum Gasteiger partial charge on any atom is 0.399 e. The van der Waals surface area contributed by atoms with Gasteiger partial charge in [0.1, 0.15) is 0 Å². The topological polar surface area (TPSA) is 65.0 Å². The van der Waals surface area contributed by atoms with Crippen LogP contribution >= 0.6 is 7.60 Å². The van der Waals surface area contributed by atoms with E-state index in [0.717, 1.165) is 0 Å². The average molecular weight is 302 g/mol. The molecule has 1 heterocycles. The van der Waals surface area contributed by atoms with Crippen LogP contribution in [0.2, 0.25) is 0 Å². The molecule has 1 N–H and O–H groups in total. The van der Waals surface area contributed by atoms with Gasteiger partial charge in [0.05, 0.1) is 26.4 Å². The molecule has 19 heavy (non-hydrogen) atoms. The number of aliphatic hydroxyl groups is 1. The summed E-state index contributed by atoms with van der Waals surface area (Å²) in [5.74, 6) is -0.906. The van der Waals surface area contributed by atoms with E-state index < -0.39 is 25.6 Å². The molecule has 0 bridgehead atoms. The zero-order chi connectivity index (χ0) is 14.5. The highest BCUT2D eigenvalue weighted by atomic mass is 31.2. The summed E-state index contributed by atoms with van der Waals surface area (Å²) in [4.78, 5) is 0. The van der Waals surface area contributed by atoms with E-state index in [4.69, 9.17) is 18.9 Å². The molecule has 0 aliphatic carbocycles. The number of halogens is 2. The zero-order valence-electron chi connectivity index (χ0n) is 11.2. The van der Waals surface area contributed by atoms with Gasteiger partial charge in [0.15, 0.2) is 0 Å². The first-order chi connectivity index (χ1) is 8.90. The second-order valence-electron chi connectivity index (χ2n) is 4.44. The summed E-state index contributed by atoms with van der Waals surface area (Å²) in [7, 11) is -4.48. The third-order valence-corrected chi connectivity index (χ3v) is 5.25. The average Bonchev–Trinajstić information content (AvgIpc) is 2.76. The van der Waals surface area contributed by atoms with Crippen LogP contribution in [-0.4, -0.2) is 43.8 Å². The Bertz CT molecular complexity index is 316. The van der Waals surface area contributed by atoms with E-state index in [0.29, 0.717) is 0 Å². The van der Waals surface area contributed by atoms with Crippen LogP contribution in [0.4, 0.5) is 8.78 Å². The summed E-state index contributed by atoms with van der Waals surface area (Å²) in [6, 6.07) is 0. The van der Waals surface area contributed by atoms with E-state index in [9.17, 15) is 13.3 Å². The lowest BCUT2D eigenvalue weighted by atomic mass is 9.94. The number of alkyl halides is 2. The predicted molar refractivity (Wildman–Crippen MR) is 65.3 cm³/mol. The lowest BCUT2D eigenvalue weighted by molar-refractivity contribution is 0.00983. The molecular weight excluding hydrogens is 281 g/mol. The van der Waals surface area contributed by atoms with Crippen molar-refractivity contribution in [2.75, 3.05) is 33.0 Å². The molecule has 0 unspecified atom stereocenters. The lowest BCUT2D eigenvalue weighted by Gasteiger charge is -2.28. The van der Waals surface area contributed by atoms with Gasteiger partial charge in [0.2, 0.25) is 0 Å². The molecule has 114 valence electrons. The van der Waals surface area contributed by atoms with Crippen LogP contribution in [-0.2, 0) is 18.3 Å². The molecule has 1 rings (SSSR count). The fraction of sp³-hybridized carbons (Fsp3) is 1.00. The Kier molecular flexibility index (Phi) is 6.33. The second-order valence-corrected chi connectivity index (χ2v) is 6.61. The van der Waals surface area contributed by atoms with E-state index in [1.807, 2.05) is 0 Å². The van der Waals surface area contributed by atoms with Crippen LogP contribution in [0.1, 0.15) is 20.3 Å². The van der Waals surface area contributed by atoms with Crippen molar-refractivity contribution in [2.45, 2.75) is 25.9 Å². The van der Waals surface area contributed by atoms with Crippen LogP contribution < -0.4 is 0 Å². The molecule has 0 aromatic heterocycles. The summed E-state index contributed by atoms with van der Waals surface area (Å²) >= 11 is 0. The molecule has 1 aliphatic heterocycles.